The molecule has 0 fully saturated rings. The van der Waals surface area contributed by atoms with E-state index in [0.717, 1.165) is 11.1 Å². The SMILES string of the molecule is Cc1cccc(NC(=O)C(=O)NCC[S@](=O)Cc2ccccc2)c1. The molecule has 2 aromatic carbocycles. The summed E-state index contributed by atoms with van der Waals surface area (Å²) < 4.78 is 12.0. The van der Waals surface area contributed by atoms with E-state index in [1.807, 2.05) is 43.3 Å². The standard InChI is InChI=1S/C18H20N2O3S/c1-14-6-5-9-16(12-14)20-18(22)17(21)19-10-11-24(23)13-15-7-3-2-4-8-15/h2-9,12H,10-11,13H2,1H3,(H,19,21)(H,20,22)/t24-/m0/s1. The van der Waals surface area contributed by atoms with E-state index in [-0.39, 0.29) is 6.54 Å². The lowest BCUT2D eigenvalue weighted by Gasteiger charge is -2.07. The van der Waals surface area contributed by atoms with Crippen LogP contribution in [0.2, 0.25) is 0 Å². The molecule has 2 aromatic rings. The van der Waals surface area contributed by atoms with E-state index in [9.17, 15) is 13.8 Å². The normalized spacial score (nSPS) is 11.5. The van der Waals surface area contributed by atoms with Crippen LogP contribution in [0.5, 0.6) is 0 Å². The van der Waals surface area contributed by atoms with E-state index < -0.39 is 22.6 Å². The average Bonchev–Trinajstić information content (AvgIpc) is 2.55. The molecular formula is C18H20N2O3S. The van der Waals surface area contributed by atoms with Crippen LogP contribution in [-0.2, 0) is 26.1 Å². The van der Waals surface area contributed by atoms with Gasteiger partial charge in [0.2, 0.25) is 0 Å². The Morgan fingerprint density at radius 1 is 1.00 bits per heavy atom. The first kappa shape index (κ1) is 17.9. The van der Waals surface area contributed by atoms with Crippen LogP contribution in [0.3, 0.4) is 0 Å². The van der Waals surface area contributed by atoms with E-state index in [0.29, 0.717) is 17.2 Å². The maximum absolute atomic E-state index is 12.0. The quantitative estimate of drug-likeness (QED) is 0.787. The summed E-state index contributed by atoms with van der Waals surface area (Å²) in [7, 11) is -1.09. The van der Waals surface area contributed by atoms with Gasteiger partial charge in [0.05, 0.1) is 0 Å². The number of amides is 2. The van der Waals surface area contributed by atoms with Crippen molar-refractivity contribution in [3.8, 4) is 0 Å². The van der Waals surface area contributed by atoms with Gasteiger partial charge in [-0.05, 0) is 30.2 Å². The molecule has 5 nitrogen and oxygen atoms in total. The smallest absolute Gasteiger partial charge is 0.313 e. The van der Waals surface area contributed by atoms with Crippen molar-refractivity contribution in [1.29, 1.82) is 0 Å². The Morgan fingerprint density at radius 3 is 2.46 bits per heavy atom. The molecule has 0 aliphatic carbocycles. The van der Waals surface area contributed by atoms with Crippen molar-refractivity contribution in [3.63, 3.8) is 0 Å². The summed E-state index contributed by atoms with van der Waals surface area (Å²) in [6.45, 7) is 2.09. The zero-order chi connectivity index (χ0) is 17.4. The van der Waals surface area contributed by atoms with Crippen LogP contribution in [0.25, 0.3) is 0 Å². The lowest BCUT2D eigenvalue weighted by Crippen LogP contribution is -2.37. The highest BCUT2D eigenvalue weighted by molar-refractivity contribution is 7.84. The number of hydrogen-bond acceptors (Lipinski definition) is 3. The molecule has 0 aliphatic rings. The first-order valence-electron chi connectivity index (χ1n) is 7.59. The summed E-state index contributed by atoms with van der Waals surface area (Å²) in [5, 5.41) is 5.02. The van der Waals surface area contributed by atoms with Crippen LogP contribution in [-0.4, -0.2) is 28.3 Å². The number of benzene rings is 2. The molecule has 24 heavy (non-hydrogen) atoms. The number of carbonyl (C=O) groups excluding carboxylic acids is 2. The maximum atomic E-state index is 12.0. The molecule has 6 heteroatoms. The first-order valence-corrected chi connectivity index (χ1v) is 9.08. The van der Waals surface area contributed by atoms with Gasteiger partial charge in [-0.2, -0.15) is 0 Å². The lowest BCUT2D eigenvalue weighted by molar-refractivity contribution is -0.136. The number of nitrogens with one attached hydrogen (secondary N) is 2. The van der Waals surface area contributed by atoms with Gasteiger partial charge in [0.1, 0.15) is 0 Å². The topological polar surface area (TPSA) is 75.3 Å². The van der Waals surface area contributed by atoms with E-state index in [4.69, 9.17) is 0 Å². The number of hydrogen-bond donors (Lipinski definition) is 2. The third-order valence-electron chi connectivity index (χ3n) is 3.27. The monoisotopic (exact) mass is 344 g/mol. The molecule has 0 saturated heterocycles. The van der Waals surface area contributed by atoms with Gasteiger partial charge in [-0.25, -0.2) is 0 Å². The highest BCUT2D eigenvalue weighted by Crippen LogP contribution is 2.09. The Morgan fingerprint density at radius 2 is 1.75 bits per heavy atom. The zero-order valence-electron chi connectivity index (χ0n) is 13.5. The van der Waals surface area contributed by atoms with Crippen molar-refractivity contribution >= 4 is 28.3 Å². The minimum absolute atomic E-state index is 0.194. The van der Waals surface area contributed by atoms with Gasteiger partial charge in [-0.15, -0.1) is 0 Å². The van der Waals surface area contributed by atoms with Crippen molar-refractivity contribution in [2.75, 3.05) is 17.6 Å². The van der Waals surface area contributed by atoms with Crippen molar-refractivity contribution in [2.45, 2.75) is 12.7 Å². The minimum Gasteiger partial charge on any atom is -0.347 e. The van der Waals surface area contributed by atoms with Crippen LogP contribution in [0.1, 0.15) is 11.1 Å². The van der Waals surface area contributed by atoms with Crippen LogP contribution in [0.15, 0.2) is 54.6 Å². The fraction of sp³-hybridized carbons (Fsp3) is 0.222. The zero-order valence-corrected chi connectivity index (χ0v) is 14.3. The number of aryl methyl sites for hydroxylation is 1. The fourth-order valence-corrected chi connectivity index (χ4v) is 3.14. The Hall–Kier alpha value is -2.47. The Bertz CT molecular complexity index is 732. The summed E-state index contributed by atoms with van der Waals surface area (Å²) in [6.07, 6.45) is 0. The molecule has 0 spiro atoms. The average molecular weight is 344 g/mol. The molecule has 0 heterocycles. The van der Waals surface area contributed by atoms with Crippen LogP contribution >= 0.6 is 0 Å². The van der Waals surface area contributed by atoms with E-state index in [2.05, 4.69) is 10.6 Å². The predicted molar refractivity (Wildman–Crippen MR) is 96.0 cm³/mol. The summed E-state index contributed by atoms with van der Waals surface area (Å²) in [5.41, 5.74) is 2.55. The summed E-state index contributed by atoms with van der Waals surface area (Å²) in [5.74, 6) is -0.715. The maximum Gasteiger partial charge on any atom is 0.313 e. The van der Waals surface area contributed by atoms with Gasteiger partial charge in [0.15, 0.2) is 0 Å². The van der Waals surface area contributed by atoms with Crippen molar-refractivity contribution in [1.82, 2.24) is 5.32 Å². The van der Waals surface area contributed by atoms with Gasteiger partial charge in [-0.1, -0.05) is 42.5 Å². The largest absolute Gasteiger partial charge is 0.347 e. The van der Waals surface area contributed by atoms with Gasteiger partial charge >= 0.3 is 11.8 Å². The van der Waals surface area contributed by atoms with E-state index in [1.165, 1.54) is 0 Å². The molecule has 0 unspecified atom stereocenters. The van der Waals surface area contributed by atoms with Crippen molar-refractivity contribution < 1.29 is 13.8 Å². The van der Waals surface area contributed by atoms with Crippen molar-refractivity contribution in [2.24, 2.45) is 0 Å². The third kappa shape index (κ3) is 5.96. The van der Waals surface area contributed by atoms with Gasteiger partial charge in [0, 0.05) is 34.5 Å². The van der Waals surface area contributed by atoms with Crippen LogP contribution in [0.4, 0.5) is 5.69 Å². The Balaban J connectivity index is 1.72. The number of anilines is 1. The number of rotatable bonds is 6. The molecule has 0 radical (unpaired) electrons. The van der Waals surface area contributed by atoms with Crippen LogP contribution < -0.4 is 10.6 Å². The lowest BCUT2D eigenvalue weighted by atomic mass is 10.2. The van der Waals surface area contributed by atoms with E-state index in [1.54, 1.807) is 18.2 Å². The minimum atomic E-state index is -1.09. The van der Waals surface area contributed by atoms with Gasteiger partial charge in [0.25, 0.3) is 0 Å². The Labute approximate surface area is 143 Å². The van der Waals surface area contributed by atoms with Gasteiger partial charge < -0.3 is 10.6 Å². The molecule has 0 aliphatic heterocycles. The molecule has 2 amide bonds. The van der Waals surface area contributed by atoms with E-state index >= 15 is 0 Å². The fourth-order valence-electron chi connectivity index (χ4n) is 2.10. The molecule has 0 aromatic heterocycles. The first-order chi connectivity index (χ1) is 11.5. The molecule has 0 bridgehead atoms. The van der Waals surface area contributed by atoms with Gasteiger partial charge in [-0.3, -0.25) is 13.8 Å². The predicted octanol–water partition coefficient (Wildman–Crippen LogP) is 2.00. The molecule has 2 rings (SSSR count). The molecule has 126 valence electrons. The number of carbonyl (C=O) groups is 2. The van der Waals surface area contributed by atoms with Crippen molar-refractivity contribution in [3.05, 3.63) is 65.7 Å². The molecule has 2 N–H and O–H groups in total. The second-order valence-corrected chi connectivity index (χ2v) is 6.93. The highest BCUT2D eigenvalue weighted by atomic mass is 32.2. The highest BCUT2D eigenvalue weighted by Gasteiger charge is 2.13. The second-order valence-electron chi connectivity index (χ2n) is 5.35. The third-order valence-corrected chi connectivity index (χ3v) is 4.58. The van der Waals surface area contributed by atoms with Crippen LogP contribution in [0, 0.1) is 6.92 Å². The second kappa shape index (κ2) is 8.98. The molecular weight excluding hydrogens is 324 g/mol. The Kier molecular flexibility index (Phi) is 6.69. The summed E-state index contributed by atoms with van der Waals surface area (Å²) in [4.78, 5) is 23.5. The summed E-state index contributed by atoms with van der Waals surface area (Å²) in [6, 6.07) is 16.7. The summed E-state index contributed by atoms with van der Waals surface area (Å²) >= 11 is 0. The molecule has 1 atom stereocenters. The molecule has 0 saturated carbocycles.